The van der Waals surface area contributed by atoms with E-state index in [0.29, 0.717) is 12.5 Å². The molecule has 26 heavy (non-hydrogen) atoms. The van der Waals surface area contributed by atoms with Crippen LogP contribution in [-0.2, 0) is 4.84 Å². The Hall–Kier alpha value is -1.72. The van der Waals surface area contributed by atoms with Crippen LogP contribution in [0.3, 0.4) is 0 Å². The summed E-state index contributed by atoms with van der Waals surface area (Å²) in [5.74, 6) is 0.391. The molecule has 4 heteroatoms. The fraction of sp³-hybridized carbons (Fsp3) is 0.455. The van der Waals surface area contributed by atoms with Gasteiger partial charge in [-0.1, -0.05) is 86.2 Å². The molecule has 0 heterocycles. The molecule has 144 valence electrons. The summed E-state index contributed by atoms with van der Waals surface area (Å²) < 4.78 is 0. The molecule has 0 fully saturated rings. The first kappa shape index (κ1) is 22.3. The van der Waals surface area contributed by atoms with E-state index < -0.39 is 6.04 Å². The standard InChI is InChI=1S/C20H27NO3.C2H6/c1-3-17(19-11-7-8-16(2)14-19)12-13-24-21(23)20(15-22)18-9-5-4-6-10-18;1-2/h4-11,14,17,20,22-23H,3,12-13,15H2,1-2H3;1-2H3/t17-,20-;/m0./s1. The van der Waals surface area contributed by atoms with Crippen molar-refractivity contribution in [3.05, 3.63) is 71.3 Å². The minimum Gasteiger partial charge on any atom is -0.394 e. The molecule has 2 aromatic rings. The molecular formula is C22H33NO3. The Labute approximate surface area is 158 Å². The Morgan fingerprint density at radius 2 is 1.65 bits per heavy atom. The summed E-state index contributed by atoms with van der Waals surface area (Å²) in [5, 5.41) is 20.4. The van der Waals surface area contributed by atoms with E-state index in [2.05, 4.69) is 38.1 Å². The highest BCUT2D eigenvalue weighted by Gasteiger charge is 2.19. The molecule has 0 aromatic heterocycles. The summed E-state index contributed by atoms with van der Waals surface area (Å²) in [4.78, 5) is 5.46. The molecule has 2 aromatic carbocycles. The molecule has 0 saturated heterocycles. The number of hydrogen-bond donors (Lipinski definition) is 2. The van der Waals surface area contributed by atoms with Gasteiger partial charge in [-0.2, -0.15) is 0 Å². The van der Waals surface area contributed by atoms with Crippen molar-refractivity contribution in [2.75, 3.05) is 13.2 Å². The monoisotopic (exact) mass is 359 g/mol. The second kappa shape index (κ2) is 12.6. The minimum atomic E-state index is -0.578. The number of aryl methyl sites for hydroxylation is 1. The summed E-state index contributed by atoms with van der Waals surface area (Å²) >= 11 is 0. The second-order valence-electron chi connectivity index (χ2n) is 6.05. The number of nitrogens with zero attached hydrogens (tertiary/aromatic N) is 1. The largest absolute Gasteiger partial charge is 0.394 e. The first-order valence-electron chi connectivity index (χ1n) is 9.49. The highest BCUT2D eigenvalue weighted by molar-refractivity contribution is 5.25. The molecule has 0 amide bonds. The lowest BCUT2D eigenvalue weighted by molar-refractivity contribution is -0.368. The number of benzene rings is 2. The molecule has 0 aliphatic carbocycles. The molecule has 2 atom stereocenters. The van der Waals surface area contributed by atoms with Gasteiger partial charge in [-0.05, 0) is 36.8 Å². The molecule has 0 saturated carbocycles. The van der Waals surface area contributed by atoms with Crippen LogP contribution >= 0.6 is 0 Å². The first-order valence-corrected chi connectivity index (χ1v) is 9.49. The van der Waals surface area contributed by atoms with Gasteiger partial charge in [0.25, 0.3) is 0 Å². The van der Waals surface area contributed by atoms with Crippen molar-refractivity contribution >= 4 is 0 Å². The van der Waals surface area contributed by atoms with Crippen LogP contribution in [0.1, 0.15) is 62.3 Å². The fourth-order valence-electron chi connectivity index (χ4n) is 2.89. The van der Waals surface area contributed by atoms with E-state index in [9.17, 15) is 10.3 Å². The Kier molecular flexibility index (Phi) is 10.8. The van der Waals surface area contributed by atoms with Crippen molar-refractivity contribution in [1.82, 2.24) is 5.23 Å². The highest BCUT2D eigenvalue weighted by Crippen LogP contribution is 2.25. The summed E-state index contributed by atoms with van der Waals surface area (Å²) in [7, 11) is 0. The normalized spacial score (nSPS) is 13.0. The van der Waals surface area contributed by atoms with E-state index in [1.54, 1.807) is 0 Å². The van der Waals surface area contributed by atoms with Gasteiger partial charge in [-0.15, -0.1) is 0 Å². The molecular weight excluding hydrogens is 326 g/mol. The molecule has 2 rings (SSSR count). The summed E-state index contributed by atoms with van der Waals surface area (Å²) in [5.41, 5.74) is 3.36. The quantitative estimate of drug-likeness (QED) is 0.600. The number of hydrogen-bond acceptors (Lipinski definition) is 4. The number of aliphatic hydroxyl groups is 1. The number of rotatable bonds is 9. The predicted octanol–water partition coefficient (Wildman–Crippen LogP) is 5.26. The third-order valence-electron chi connectivity index (χ3n) is 4.32. The van der Waals surface area contributed by atoms with Crippen LogP contribution < -0.4 is 0 Å². The van der Waals surface area contributed by atoms with Crippen molar-refractivity contribution in [3.63, 3.8) is 0 Å². The van der Waals surface area contributed by atoms with Crippen LogP contribution in [-0.4, -0.2) is 28.8 Å². The zero-order valence-corrected chi connectivity index (χ0v) is 16.4. The van der Waals surface area contributed by atoms with Crippen molar-refractivity contribution < 1.29 is 15.2 Å². The van der Waals surface area contributed by atoms with Crippen molar-refractivity contribution in [2.24, 2.45) is 0 Å². The average molecular weight is 360 g/mol. The van der Waals surface area contributed by atoms with E-state index in [1.165, 1.54) is 11.1 Å². The average Bonchev–Trinajstić information content (AvgIpc) is 2.68. The van der Waals surface area contributed by atoms with Crippen LogP contribution in [0.15, 0.2) is 54.6 Å². The van der Waals surface area contributed by atoms with E-state index in [-0.39, 0.29) is 6.61 Å². The zero-order valence-electron chi connectivity index (χ0n) is 16.4. The van der Waals surface area contributed by atoms with Crippen LogP contribution in [0.5, 0.6) is 0 Å². The Bertz CT molecular complexity index is 603. The Morgan fingerprint density at radius 1 is 1.00 bits per heavy atom. The lowest BCUT2D eigenvalue weighted by Gasteiger charge is -2.24. The summed E-state index contributed by atoms with van der Waals surface area (Å²) in [6, 6.07) is 17.3. The van der Waals surface area contributed by atoms with Gasteiger partial charge >= 0.3 is 0 Å². The van der Waals surface area contributed by atoms with Gasteiger partial charge in [0.05, 0.1) is 13.2 Å². The predicted molar refractivity (Wildman–Crippen MR) is 106 cm³/mol. The molecule has 0 spiro atoms. The highest BCUT2D eigenvalue weighted by atomic mass is 16.9. The molecule has 0 radical (unpaired) electrons. The fourth-order valence-corrected chi connectivity index (χ4v) is 2.89. The Morgan fingerprint density at radius 3 is 2.23 bits per heavy atom. The van der Waals surface area contributed by atoms with Crippen LogP contribution in [0.2, 0.25) is 0 Å². The summed E-state index contributed by atoms with van der Waals surface area (Å²) in [6.45, 7) is 8.43. The third-order valence-corrected chi connectivity index (χ3v) is 4.32. The lowest BCUT2D eigenvalue weighted by Crippen LogP contribution is -2.29. The molecule has 0 bridgehead atoms. The van der Waals surface area contributed by atoms with E-state index >= 15 is 0 Å². The van der Waals surface area contributed by atoms with Crippen LogP contribution in [0.25, 0.3) is 0 Å². The maximum atomic E-state index is 10.1. The van der Waals surface area contributed by atoms with Gasteiger partial charge in [-0.3, -0.25) is 10.0 Å². The van der Waals surface area contributed by atoms with E-state index in [1.807, 2.05) is 44.2 Å². The van der Waals surface area contributed by atoms with Gasteiger partial charge in [0, 0.05) is 0 Å². The molecule has 0 aliphatic heterocycles. The maximum absolute atomic E-state index is 10.1. The maximum Gasteiger partial charge on any atom is 0.111 e. The van der Waals surface area contributed by atoms with E-state index in [0.717, 1.165) is 23.6 Å². The van der Waals surface area contributed by atoms with Gasteiger partial charge in [0.2, 0.25) is 0 Å². The van der Waals surface area contributed by atoms with Crippen LogP contribution in [0.4, 0.5) is 0 Å². The third kappa shape index (κ3) is 6.89. The first-order chi connectivity index (χ1) is 12.7. The SMILES string of the molecule is CC.CC[C@@H](CCON(O)[C@@H](CO)c1ccccc1)c1cccc(C)c1. The molecule has 4 nitrogen and oxygen atoms in total. The van der Waals surface area contributed by atoms with Crippen molar-refractivity contribution in [2.45, 2.75) is 52.5 Å². The second-order valence-corrected chi connectivity index (χ2v) is 6.05. The van der Waals surface area contributed by atoms with Gasteiger partial charge in [-0.25, -0.2) is 0 Å². The molecule has 0 aliphatic rings. The van der Waals surface area contributed by atoms with Gasteiger partial charge < -0.3 is 5.11 Å². The van der Waals surface area contributed by atoms with Gasteiger partial charge in [0.15, 0.2) is 0 Å². The minimum absolute atomic E-state index is 0.213. The molecule has 0 unspecified atom stereocenters. The van der Waals surface area contributed by atoms with Crippen LogP contribution in [0, 0.1) is 6.92 Å². The summed E-state index contributed by atoms with van der Waals surface area (Å²) in [6.07, 6.45) is 1.82. The number of hydroxylamine groups is 2. The lowest BCUT2D eigenvalue weighted by atomic mass is 9.92. The topological polar surface area (TPSA) is 52.9 Å². The number of aliphatic hydroxyl groups excluding tert-OH is 1. The van der Waals surface area contributed by atoms with Crippen molar-refractivity contribution in [1.29, 1.82) is 0 Å². The van der Waals surface area contributed by atoms with Gasteiger partial charge in [0.1, 0.15) is 6.04 Å². The molecule has 2 N–H and O–H groups in total. The smallest absolute Gasteiger partial charge is 0.111 e. The van der Waals surface area contributed by atoms with E-state index in [4.69, 9.17) is 4.84 Å². The Balaban J connectivity index is 0.00000163. The van der Waals surface area contributed by atoms with Crippen molar-refractivity contribution in [3.8, 4) is 0 Å². The zero-order chi connectivity index (χ0) is 19.4.